The molecule has 0 aliphatic carbocycles. The highest BCUT2D eigenvalue weighted by molar-refractivity contribution is 5.86. The topological polar surface area (TPSA) is 55.6 Å². The SMILES string of the molecule is CCNc1nc(C)nc2c1cnn2Cc1ccc(C)cc1. The van der Waals surface area contributed by atoms with Crippen molar-refractivity contribution in [3.05, 3.63) is 47.4 Å². The average Bonchev–Trinajstić information content (AvgIpc) is 2.85. The molecule has 0 aliphatic heterocycles. The van der Waals surface area contributed by atoms with E-state index in [1.54, 1.807) is 0 Å². The second-order valence-electron chi connectivity index (χ2n) is 5.17. The highest BCUT2D eigenvalue weighted by Gasteiger charge is 2.11. The van der Waals surface area contributed by atoms with Gasteiger partial charge >= 0.3 is 0 Å². The molecule has 0 aliphatic rings. The van der Waals surface area contributed by atoms with Crippen molar-refractivity contribution in [3.63, 3.8) is 0 Å². The summed E-state index contributed by atoms with van der Waals surface area (Å²) in [5.74, 6) is 1.61. The maximum atomic E-state index is 4.54. The predicted octanol–water partition coefficient (Wildman–Crippen LogP) is 2.92. The maximum absolute atomic E-state index is 4.54. The number of benzene rings is 1. The first-order chi connectivity index (χ1) is 10.2. The molecule has 0 amide bonds. The van der Waals surface area contributed by atoms with Crippen molar-refractivity contribution in [3.8, 4) is 0 Å². The number of hydrogen-bond donors (Lipinski definition) is 1. The van der Waals surface area contributed by atoms with E-state index < -0.39 is 0 Å². The summed E-state index contributed by atoms with van der Waals surface area (Å²) in [6.45, 7) is 7.59. The fourth-order valence-electron chi connectivity index (χ4n) is 2.35. The molecule has 3 aromatic rings. The van der Waals surface area contributed by atoms with Crippen LogP contribution < -0.4 is 5.32 Å². The third kappa shape index (κ3) is 2.72. The molecule has 5 nitrogen and oxygen atoms in total. The van der Waals surface area contributed by atoms with Crippen molar-refractivity contribution in [1.29, 1.82) is 0 Å². The van der Waals surface area contributed by atoms with E-state index in [1.807, 2.05) is 17.8 Å². The Hall–Kier alpha value is -2.43. The molecule has 0 fully saturated rings. The molecule has 0 bridgehead atoms. The fraction of sp³-hybridized carbons (Fsp3) is 0.312. The lowest BCUT2D eigenvalue weighted by Crippen LogP contribution is -2.06. The van der Waals surface area contributed by atoms with Crippen LogP contribution in [0, 0.1) is 13.8 Å². The Kier molecular flexibility index (Phi) is 3.56. The maximum Gasteiger partial charge on any atom is 0.163 e. The van der Waals surface area contributed by atoms with Gasteiger partial charge in [-0.1, -0.05) is 29.8 Å². The van der Waals surface area contributed by atoms with Gasteiger partial charge in [0.15, 0.2) is 5.65 Å². The van der Waals surface area contributed by atoms with Gasteiger partial charge in [0, 0.05) is 6.54 Å². The van der Waals surface area contributed by atoms with Gasteiger partial charge < -0.3 is 5.32 Å². The van der Waals surface area contributed by atoms with Crippen molar-refractivity contribution in [2.45, 2.75) is 27.3 Å². The Balaban J connectivity index is 2.01. The predicted molar refractivity (Wildman–Crippen MR) is 84.5 cm³/mol. The van der Waals surface area contributed by atoms with Crippen LogP contribution in [0.1, 0.15) is 23.9 Å². The van der Waals surface area contributed by atoms with E-state index in [1.165, 1.54) is 11.1 Å². The normalized spacial score (nSPS) is 11.0. The monoisotopic (exact) mass is 281 g/mol. The number of anilines is 1. The Bertz CT molecular complexity index is 758. The second-order valence-corrected chi connectivity index (χ2v) is 5.17. The minimum absolute atomic E-state index is 0.714. The molecule has 1 N–H and O–H groups in total. The zero-order valence-electron chi connectivity index (χ0n) is 12.6. The highest BCUT2D eigenvalue weighted by Crippen LogP contribution is 2.20. The van der Waals surface area contributed by atoms with Gasteiger partial charge in [0.1, 0.15) is 11.6 Å². The van der Waals surface area contributed by atoms with Gasteiger partial charge in [0.25, 0.3) is 0 Å². The van der Waals surface area contributed by atoms with E-state index >= 15 is 0 Å². The van der Waals surface area contributed by atoms with Crippen molar-refractivity contribution in [2.75, 3.05) is 11.9 Å². The lowest BCUT2D eigenvalue weighted by atomic mass is 10.1. The van der Waals surface area contributed by atoms with E-state index in [9.17, 15) is 0 Å². The molecule has 1 aromatic carbocycles. The van der Waals surface area contributed by atoms with Crippen LogP contribution >= 0.6 is 0 Å². The van der Waals surface area contributed by atoms with Crippen molar-refractivity contribution < 1.29 is 0 Å². The van der Waals surface area contributed by atoms with E-state index in [2.05, 4.69) is 58.5 Å². The number of nitrogens with one attached hydrogen (secondary N) is 1. The smallest absolute Gasteiger partial charge is 0.163 e. The Morgan fingerprint density at radius 1 is 1.10 bits per heavy atom. The first-order valence-electron chi connectivity index (χ1n) is 7.17. The molecule has 0 saturated carbocycles. The number of rotatable bonds is 4. The van der Waals surface area contributed by atoms with Gasteiger partial charge in [-0.05, 0) is 26.3 Å². The summed E-state index contributed by atoms with van der Waals surface area (Å²) < 4.78 is 1.93. The van der Waals surface area contributed by atoms with Crippen LogP contribution in [0.5, 0.6) is 0 Å². The van der Waals surface area contributed by atoms with Crippen LogP contribution in [0.4, 0.5) is 5.82 Å². The molecule has 2 heterocycles. The number of fused-ring (bicyclic) bond motifs is 1. The van der Waals surface area contributed by atoms with Gasteiger partial charge in [0.05, 0.1) is 18.1 Å². The minimum atomic E-state index is 0.714. The quantitative estimate of drug-likeness (QED) is 0.799. The van der Waals surface area contributed by atoms with Crippen LogP contribution in [-0.2, 0) is 6.54 Å². The molecule has 5 heteroatoms. The fourth-order valence-corrected chi connectivity index (χ4v) is 2.35. The van der Waals surface area contributed by atoms with Crippen molar-refractivity contribution >= 4 is 16.9 Å². The second kappa shape index (κ2) is 5.52. The largest absolute Gasteiger partial charge is 0.370 e. The van der Waals surface area contributed by atoms with Gasteiger partial charge in [-0.25, -0.2) is 14.6 Å². The average molecular weight is 281 g/mol. The molecule has 3 rings (SSSR count). The zero-order valence-corrected chi connectivity index (χ0v) is 12.6. The van der Waals surface area contributed by atoms with Crippen LogP contribution in [0.3, 0.4) is 0 Å². The number of aryl methyl sites for hydroxylation is 2. The van der Waals surface area contributed by atoms with Gasteiger partial charge in [-0.3, -0.25) is 0 Å². The van der Waals surface area contributed by atoms with E-state index in [4.69, 9.17) is 0 Å². The summed E-state index contributed by atoms with van der Waals surface area (Å²) in [5.41, 5.74) is 3.35. The van der Waals surface area contributed by atoms with Crippen LogP contribution in [0.25, 0.3) is 11.0 Å². The van der Waals surface area contributed by atoms with E-state index in [0.29, 0.717) is 6.54 Å². The van der Waals surface area contributed by atoms with Crippen molar-refractivity contribution in [2.24, 2.45) is 0 Å². The lowest BCUT2D eigenvalue weighted by molar-refractivity contribution is 0.702. The molecule has 21 heavy (non-hydrogen) atoms. The summed E-state index contributed by atoms with van der Waals surface area (Å²) in [4.78, 5) is 8.99. The van der Waals surface area contributed by atoms with Crippen LogP contribution in [0.2, 0.25) is 0 Å². The Morgan fingerprint density at radius 2 is 1.86 bits per heavy atom. The standard InChI is InChI=1S/C16H19N5/c1-4-17-15-14-9-18-21(16(14)20-12(3)19-15)10-13-7-5-11(2)6-8-13/h5-9H,4,10H2,1-3H3,(H,17,19,20). The summed E-state index contributed by atoms with van der Waals surface area (Å²) >= 11 is 0. The zero-order chi connectivity index (χ0) is 14.8. The summed E-state index contributed by atoms with van der Waals surface area (Å²) in [7, 11) is 0. The van der Waals surface area contributed by atoms with Crippen LogP contribution in [0.15, 0.2) is 30.5 Å². The molecule has 2 aromatic heterocycles. The Labute approximate surface area is 124 Å². The number of aromatic nitrogens is 4. The van der Waals surface area contributed by atoms with Gasteiger partial charge in [-0.2, -0.15) is 5.10 Å². The molecule has 0 atom stereocenters. The molecular weight excluding hydrogens is 262 g/mol. The van der Waals surface area contributed by atoms with Crippen LogP contribution in [-0.4, -0.2) is 26.3 Å². The summed E-state index contributed by atoms with van der Waals surface area (Å²) in [6.07, 6.45) is 1.83. The number of nitrogens with zero attached hydrogens (tertiary/aromatic N) is 4. The first kappa shape index (κ1) is 13.5. The number of hydrogen-bond acceptors (Lipinski definition) is 4. The molecule has 0 saturated heterocycles. The van der Waals surface area contributed by atoms with E-state index in [0.717, 1.165) is 29.2 Å². The third-order valence-corrected chi connectivity index (χ3v) is 3.41. The van der Waals surface area contributed by atoms with Gasteiger partial charge in [-0.15, -0.1) is 0 Å². The molecular formula is C16H19N5. The lowest BCUT2D eigenvalue weighted by Gasteiger charge is -2.07. The first-order valence-corrected chi connectivity index (χ1v) is 7.17. The minimum Gasteiger partial charge on any atom is -0.370 e. The third-order valence-electron chi connectivity index (χ3n) is 3.41. The molecule has 0 unspecified atom stereocenters. The van der Waals surface area contributed by atoms with E-state index in [-0.39, 0.29) is 0 Å². The highest BCUT2D eigenvalue weighted by atomic mass is 15.3. The Morgan fingerprint density at radius 3 is 2.57 bits per heavy atom. The van der Waals surface area contributed by atoms with Gasteiger partial charge in [0.2, 0.25) is 0 Å². The summed E-state index contributed by atoms with van der Waals surface area (Å²) in [5, 5.41) is 8.71. The summed E-state index contributed by atoms with van der Waals surface area (Å²) in [6, 6.07) is 8.49. The molecule has 0 radical (unpaired) electrons. The molecule has 108 valence electrons. The molecule has 0 spiro atoms. The van der Waals surface area contributed by atoms with Crippen molar-refractivity contribution in [1.82, 2.24) is 19.7 Å².